The third-order valence-electron chi connectivity index (χ3n) is 11.8. The second-order valence-electron chi connectivity index (χ2n) is 14.1. The van der Waals surface area contributed by atoms with Crippen LogP contribution in [0.3, 0.4) is 0 Å². The Morgan fingerprint density at radius 2 is 1.02 bits per heavy atom. The summed E-state index contributed by atoms with van der Waals surface area (Å²) in [7, 11) is -2.90. The van der Waals surface area contributed by atoms with Crippen LogP contribution in [0.15, 0.2) is 188 Å². The maximum absolute atomic E-state index is 7.75. The van der Waals surface area contributed by atoms with Crippen LogP contribution >= 0.6 is 0 Å². The van der Waals surface area contributed by atoms with Gasteiger partial charge in [-0.05, 0) is 72.2 Å². The van der Waals surface area contributed by atoms with Gasteiger partial charge in [0.2, 0.25) is 0 Å². The summed E-state index contributed by atoms with van der Waals surface area (Å²) in [5, 5.41) is 6.59. The number of allylic oxidation sites excluding steroid dienone is 4. The van der Waals surface area contributed by atoms with E-state index in [1.165, 1.54) is 53.8 Å². The standard InChI is InChI=1S/C49H42OSi.2ClH.Zr/c1-2-49(47-43-30-16-12-26-39(43)40-27-13-17-31-44(40)47,48-45-32-18-14-28-41(45)42-29-15-19-33-46(42)48)34-35-50-51(36-20-6-3-7-21-36,37-22-8-4-9-23-37)38-24-10-5-11-25-38;;;/h3-33,43,48H,2,34-35H2,1H3;2*1H;/q;;;+2/p-2. The Balaban J connectivity index is 0.00000166. The van der Waals surface area contributed by atoms with E-state index < -0.39 is 8.32 Å². The van der Waals surface area contributed by atoms with Crippen molar-refractivity contribution in [1.82, 2.24) is 0 Å². The van der Waals surface area contributed by atoms with E-state index in [0.29, 0.717) is 6.61 Å². The van der Waals surface area contributed by atoms with Gasteiger partial charge in [0.05, 0.1) is 0 Å². The van der Waals surface area contributed by atoms with E-state index in [9.17, 15) is 0 Å². The van der Waals surface area contributed by atoms with Crippen molar-refractivity contribution in [2.75, 3.05) is 6.61 Å². The topological polar surface area (TPSA) is 9.23 Å². The average Bonchev–Trinajstić information content (AvgIpc) is 3.73. The Bertz CT molecular complexity index is 2270. The molecule has 0 fully saturated rings. The van der Waals surface area contributed by atoms with Gasteiger partial charge >= 0.3 is 26.2 Å². The maximum atomic E-state index is 7.75. The minimum atomic E-state index is -2.90. The summed E-state index contributed by atoms with van der Waals surface area (Å²) in [6.45, 7) is 3.06. The molecule has 54 heavy (non-hydrogen) atoms. The third-order valence-corrected chi connectivity index (χ3v) is 15.9. The van der Waals surface area contributed by atoms with E-state index in [-0.39, 0.29) is 68.3 Å². The summed E-state index contributed by atoms with van der Waals surface area (Å²) in [5.74, 6) is 0.424. The molecule has 0 N–H and O–H groups in total. The van der Waals surface area contributed by atoms with Crippen LogP contribution in [-0.4, -0.2) is 14.9 Å². The third kappa shape index (κ3) is 6.43. The van der Waals surface area contributed by atoms with E-state index in [1.807, 2.05) is 0 Å². The van der Waals surface area contributed by atoms with Crippen molar-refractivity contribution in [3.8, 4) is 11.1 Å². The van der Waals surface area contributed by atoms with Crippen molar-refractivity contribution in [3.05, 3.63) is 210 Å². The molecule has 1 nitrogen and oxygen atoms in total. The van der Waals surface area contributed by atoms with Crippen molar-refractivity contribution in [2.45, 2.75) is 25.7 Å². The van der Waals surface area contributed by atoms with Crippen LogP contribution < -0.4 is 50.8 Å². The van der Waals surface area contributed by atoms with Gasteiger partial charge in [0, 0.05) is 23.9 Å². The van der Waals surface area contributed by atoms with Gasteiger partial charge in [-0.1, -0.05) is 195 Å². The molecule has 0 saturated heterocycles. The number of halogens is 2. The first-order valence-corrected chi connectivity index (χ1v) is 20.3. The number of hydrogen-bond acceptors (Lipinski definition) is 1. The van der Waals surface area contributed by atoms with E-state index in [1.54, 1.807) is 5.57 Å². The van der Waals surface area contributed by atoms with E-state index >= 15 is 0 Å². The number of fused-ring (bicyclic) bond motifs is 5. The monoisotopic (exact) mass is 834 g/mol. The van der Waals surface area contributed by atoms with Crippen molar-refractivity contribution in [1.29, 1.82) is 0 Å². The van der Waals surface area contributed by atoms with Crippen LogP contribution in [0.25, 0.3) is 22.3 Å². The fourth-order valence-electron chi connectivity index (χ4n) is 9.68. The molecule has 9 rings (SSSR count). The summed E-state index contributed by atoms with van der Waals surface area (Å²) in [6.07, 6.45) is 11.1. The molecule has 2 unspecified atom stereocenters. The number of benzene rings is 6. The molecule has 0 heterocycles. The zero-order chi connectivity index (χ0) is 34.3. The molecular weight excluding hydrogens is 795 g/mol. The average molecular weight is 837 g/mol. The van der Waals surface area contributed by atoms with Gasteiger partial charge in [0.1, 0.15) is 0 Å². The maximum Gasteiger partial charge on any atom is 2.00 e. The van der Waals surface area contributed by atoms with Crippen LogP contribution in [0.4, 0.5) is 0 Å². The van der Waals surface area contributed by atoms with Crippen molar-refractivity contribution in [3.63, 3.8) is 0 Å². The van der Waals surface area contributed by atoms with Crippen molar-refractivity contribution in [2.24, 2.45) is 11.3 Å². The normalized spacial score (nSPS) is 16.1. The first kappa shape index (κ1) is 39.9. The Morgan fingerprint density at radius 3 is 1.54 bits per heavy atom. The van der Waals surface area contributed by atoms with E-state index in [4.69, 9.17) is 4.43 Å². The van der Waals surface area contributed by atoms with Crippen LogP contribution in [-0.2, 0) is 30.6 Å². The Kier molecular flexibility index (Phi) is 12.5. The molecule has 2 atom stereocenters. The largest absolute Gasteiger partial charge is 2.00 e. The van der Waals surface area contributed by atoms with E-state index in [0.717, 1.165) is 12.8 Å². The second-order valence-corrected chi connectivity index (χ2v) is 17.5. The molecule has 266 valence electrons. The molecule has 0 spiro atoms. The fourth-order valence-corrected chi connectivity index (χ4v) is 13.6. The Hall–Kier alpha value is -3.82. The number of rotatable bonds is 10. The minimum absolute atomic E-state index is 0. The van der Waals surface area contributed by atoms with Gasteiger partial charge in [0.15, 0.2) is 0 Å². The summed E-state index contributed by atoms with van der Waals surface area (Å²) in [5.41, 5.74) is 8.36. The molecule has 5 heteroatoms. The molecule has 6 aromatic rings. The molecule has 0 aromatic heterocycles. The molecule has 3 aliphatic carbocycles. The fraction of sp³-hybridized carbons (Fsp3) is 0.143. The summed E-state index contributed by atoms with van der Waals surface area (Å²) >= 11 is 0. The van der Waals surface area contributed by atoms with Gasteiger partial charge < -0.3 is 29.2 Å². The molecule has 0 saturated carbocycles. The van der Waals surface area contributed by atoms with Crippen LogP contribution in [0.2, 0.25) is 0 Å². The van der Waals surface area contributed by atoms with Crippen LogP contribution in [0.5, 0.6) is 0 Å². The smallest absolute Gasteiger partial charge is 1.00 e. The predicted octanol–water partition coefficient (Wildman–Crippen LogP) is 2.03. The van der Waals surface area contributed by atoms with Gasteiger partial charge in [-0.15, -0.1) is 0 Å². The zero-order valence-electron chi connectivity index (χ0n) is 30.3. The van der Waals surface area contributed by atoms with Crippen molar-refractivity contribution < 1.29 is 55.4 Å². The van der Waals surface area contributed by atoms with Crippen molar-refractivity contribution >= 4 is 35.0 Å². The second kappa shape index (κ2) is 16.9. The summed E-state index contributed by atoms with van der Waals surface area (Å²) < 4.78 is 7.75. The number of hydrogen-bond donors (Lipinski definition) is 0. The molecule has 0 bridgehead atoms. The molecule has 6 aromatic carbocycles. The van der Waals surface area contributed by atoms with Gasteiger partial charge in [-0.3, -0.25) is 0 Å². The van der Waals surface area contributed by atoms with Crippen LogP contribution in [0.1, 0.15) is 36.8 Å². The van der Waals surface area contributed by atoms with E-state index in [2.05, 4.69) is 195 Å². The van der Waals surface area contributed by atoms with Gasteiger partial charge in [-0.25, -0.2) is 0 Å². The Morgan fingerprint density at radius 1 is 0.556 bits per heavy atom. The molecule has 0 aliphatic heterocycles. The zero-order valence-corrected chi connectivity index (χ0v) is 35.3. The molecule has 0 amide bonds. The molecule has 3 aliphatic rings. The first-order valence-electron chi connectivity index (χ1n) is 18.4. The van der Waals surface area contributed by atoms with Crippen LogP contribution in [0, 0.1) is 11.3 Å². The summed E-state index contributed by atoms with van der Waals surface area (Å²) in [4.78, 5) is 0. The Labute approximate surface area is 352 Å². The minimum Gasteiger partial charge on any atom is -1.00 e. The summed E-state index contributed by atoms with van der Waals surface area (Å²) in [6, 6.07) is 60.5. The molecular formula is C49H42Cl2OSiZr. The first-order chi connectivity index (χ1) is 25.3. The predicted molar refractivity (Wildman–Crippen MR) is 215 cm³/mol. The van der Waals surface area contributed by atoms with Gasteiger partial charge in [-0.2, -0.15) is 0 Å². The van der Waals surface area contributed by atoms with Gasteiger partial charge in [0.25, 0.3) is 8.32 Å². The molecule has 0 radical (unpaired) electrons. The quantitative estimate of drug-likeness (QED) is 0.152. The SMILES string of the molecule is CCC(CCO[Si](c1ccccc1)(c1ccccc1)c1ccccc1)(C1=c2ccccc2=C2C=CC=CC21)C1c2ccccc2-c2ccccc21.[Cl-].[Cl-].[Zr+2].